The van der Waals surface area contributed by atoms with E-state index >= 15 is 0 Å². The fraction of sp³-hybridized carbons (Fsp3) is 0.0513. The number of aryl methyl sites for hydroxylation is 1. The van der Waals surface area contributed by atoms with Crippen molar-refractivity contribution in [3.05, 3.63) is 161 Å². The van der Waals surface area contributed by atoms with Crippen molar-refractivity contribution in [1.82, 2.24) is 24.5 Å². The van der Waals surface area contributed by atoms with E-state index in [4.69, 9.17) is 5.10 Å². The van der Waals surface area contributed by atoms with Gasteiger partial charge in [0.25, 0.3) is 0 Å². The third-order valence-electron chi connectivity index (χ3n) is 7.83. The van der Waals surface area contributed by atoms with Crippen LogP contribution in [-0.2, 0) is 6.42 Å². The summed E-state index contributed by atoms with van der Waals surface area (Å²) in [6.07, 6.45) is 0.471. The van der Waals surface area contributed by atoms with Crippen molar-refractivity contribution >= 4 is 51.1 Å². The van der Waals surface area contributed by atoms with E-state index in [1.54, 1.807) is 33.6 Å². The number of nitrogens with zero attached hydrogens (tertiary/aromatic N) is 5. The largest absolute Gasteiger partial charge is 0.326 e. The fourth-order valence-electron chi connectivity index (χ4n) is 5.64. The van der Waals surface area contributed by atoms with Crippen LogP contribution in [0.4, 0.5) is 32.7 Å². The summed E-state index contributed by atoms with van der Waals surface area (Å²) >= 11 is 3.32. The van der Waals surface area contributed by atoms with Gasteiger partial charge in [0.05, 0.1) is 28.5 Å². The predicted molar refractivity (Wildman–Crippen MR) is 204 cm³/mol. The Bertz CT molecular complexity index is 2320. The first kappa shape index (κ1) is 33.0. The molecule has 4 N–H and O–H groups in total. The number of hydrogen-bond acceptors (Lipinski definition) is 5. The topological polar surface area (TPSA) is 131 Å². The van der Waals surface area contributed by atoms with Gasteiger partial charge in [-0.1, -0.05) is 84.9 Å². The Morgan fingerprint density at radius 3 is 2.06 bits per heavy atom. The van der Waals surface area contributed by atoms with Gasteiger partial charge < -0.3 is 5.32 Å². The maximum Gasteiger partial charge on any atom is 0.326 e. The number of rotatable bonds is 9. The lowest BCUT2D eigenvalue weighted by Gasteiger charge is -2.13. The zero-order valence-corrected chi connectivity index (χ0v) is 29.0. The molecule has 4 amide bonds. The van der Waals surface area contributed by atoms with Gasteiger partial charge in [0.2, 0.25) is 0 Å². The van der Waals surface area contributed by atoms with Crippen LogP contribution in [0.25, 0.3) is 22.5 Å². The number of pyridine rings is 1. The molecule has 3 aromatic heterocycles. The van der Waals surface area contributed by atoms with Crippen LogP contribution in [0.15, 0.2) is 144 Å². The second-order valence-corrected chi connectivity index (χ2v) is 12.4. The van der Waals surface area contributed by atoms with Crippen LogP contribution in [-0.4, -0.2) is 36.6 Å². The molecule has 0 unspecified atom stereocenters. The van der Waals surface area contributed by atoms with E-state index < -0.39 is 12.1 Å². The van der Waals surface area contributed by atoms with E-state index in [9.17, 15) is 9.59 Å². The Kier molecular flexibility index (Phi) is 9.66. The number of benzene rings is 4. The Balaban J connectivity index is 1.11. The molecule has 0 spiro atoms. The number of anilines is 4. The van der Waals surface area contributed by atoms with Crippen molar-refractivity contribution in [3.8, 4) is 22.5 Å². The lowest BCUT2D eigenvalue weighted by molar-refractivity contribution is 0.261. The molecule has 0 atom stereocenters. The number of halogens is 1. The minimum atomic E-state index is -0.447. The summed E-state index contributed by atoms with van der Waals surface area (Å²) in [7, 11) is 0. The molecule has 51 heavy (non-hydrogen) atoms. The molecule has 0 aliphatic carbocycles. The number of amides is 4. The predicted octanol–water partition coefficient (Wildman–Crippen LogP) is 9.07. The standard InChI is InChI=1S/C39H32BrN9O2/c1-26-22-36(44-39(51)43-35-21-11-20-34(40)42-35)49(46-26)31-17-10-12-27(24-31)23-29-25-37(48(47-29)30-15-6-3-7-16-30)45-38(50)41-33-19-9-8-18-32(33)28-13-4-2-5-14-28/h2-22,24-25H,23H2,1H3,(H2,41,45,50)(H2,42,43,44,51). The van der Waals surface area contributed by atoms with E-state index in [-0.39, 0.29) is 0 Å². The molecule has 4 aromatic carbocycles. The Hall–Kier alpha value is -6.53. The lowest BCUT2D eigenvalue weighted by Crippen LogP contribution is -2.21. The van der Waals surface area contributed by atoms with Gasteiger partial charge in [-0.3, -0.25) is 16.0 Å². The van der Waals surface area contributed by atoms with Crippen molar-refractivity contribution in [2.45, 2.75) is 13.3 Å². The summed E-state index contributed by atoms with van der Waals surface area (Å²) in [5.74, 6) is 1.42. The molecule has 0 saturated heterocycles. The van der Waals surface area contributed by atoms with Crippen LogP contribution in [0.1, 0.15) is 17.0 Å². The molecule has 7 aromatic rings. The number of aromatic nitrogens is 5. The van der Waals surface area contributed by atoms with Gasteiger partial charge in [-0.05, 0) is 76.4 Å². The van der Waals surface area contributed by atoms with Crippen LogP contribution in [0, 0.1) is 6.92 Å². The summed E-state index contributed by atoms with van der Waals surface area (Å²) in [5, 5.41) is 21.2. The van der Waals surface area contributed by atoms with Crippen LogP contribution in [0.5, 0.6) is 0 Å². The fourth-order valence-corrected chi connectivity index (χ4v) is 5.98. The molecule has 3 heterocycles. The van der Waals surface area contributed by atoms with Crippen LogP contribution in [0.2, 0.25) is 0 Å². The summed E-state index contributed by atoms with van der Waals surface area (Å²) in [4.78, 5) is 30.5. The molecule has 11 nitrogen and oxygen atoms in total. The van der Waals surface area contributed by atoms with Gasteiger partial charge in [-0.25, -0.2) is 23.9 Å². The normalized spacial score (nSPS) is 10.8. The first-order valence-corrected chi connectivity index (χ1v) is 16.9. The van der Waals surface area contributed by atoms with Crippen LogP contribution in [0.3, 0.4) is 0 Å². The Morgan fingerprint density at radius 2 is 1.27 bits per heavy atom. The van der Waals surface area contributed by atoms with Gasteiger partial charge in [0, 0.05) is 24.1 Å². The van der Waals surface area contributed by atoms with Gasteiger partial charge in [-0.15, -0.1) is 0 Å². The molecular weight excluding hydrogens is 706 g/mol. The molecule has 0 fully saturated rings. The first-order valence-electron chi connectivity index (χ1n) is 16.1. The van der Waals surface area contributed by atoms with E-state index in [1.165, 1.54) is 0 Å². The molecular formula is C39H32BrN9O2. The average Bonchev–Trinajstić information content (AvgIpc) is 3.70. The molecule has 0 bridgehead atoms. The number of para-hydroxylation sites is 2. The molecule has 0 aliphatic rings. The molecule has 12 heteroatoms. The maximum absolute atomic E-state index is 13.4. The number of carbonyl (C=O) groups excluding carboxylic acids is 2. The van der Waals surface area contributed by atoms with E-state index in [0.717, 1.165) is 39.5 Å². The monoisotopic (exact) mass is 737 g/mol. The van der Waals surface area contributed by atoms with Crippen molar-refractivity contribution < 1.29 is 9.59 Å². The third kappa shape index (κ3) is 8.03. The highest BCUT2D eigenvalue weighted by atomic mass is 79.9. The number of carbonyl (C=O) groups is 2. The molecule has 0 aliphatic heterocycles. The zero-order valence-electron chi connectivity index (χ0n) is 27.4. The SMILES string of the molecule is Cc1cc(NC(=O)Nc2cccc(Br)n2)n(-c2cccc(Cc3cc(NC(=O)Nc4ccccc4-c4ccccc4)n(-c4ccccc4)n3)c2)n1. The lowest BCUT2D eigenvalue weighted by atomic mass is 10.0. The zero-order chi connectivity index (χ0) is 35.2. The van der Waals surface area contributed by atoms with Crippen LogP contribution >= 0.6 is 15.9 Å². The van der Waals surface area contributed by atoms with Crippen LogP contribution < -0.4 is 21.3 Å². The van der Waals surface area contributed by atoms with Gasteiger partial charge in [-0.2, -0.15) is 10.2 Å². The molecule has 252 valence electrons. The van der Waals surface area contributed by atoms with Crippen molar-refractivity contribution in [1.29, 1.82) is 0 Å². The van der Waals surface area contributed by atoms with Gasteiger partial charge in [0.1, 0.15) is 22.1 Å². The number of urea groups is 2. The minimum absolute atomic E-state index is 0.391. The Labute approximate surface area is 302 Å². The second-order valence-electron chi connectivity index (χ2n) is 11.6. The van der Waals surface area contributed by atoms with E-state index in [0.29, 0.717) is 34.2 Å². The van der Waals surface area contributed by atoms with Gasteiger partial charge in [0.15, 0.2) is 0 Å². The highest BCUT2D eigenvalue weighted by Gasteiger charge is 2.16. The Morgan fingerprint density at radius 1 is 0.627 bits per heavy atom. The van der Waals surface area contributed by atoms with Crippen molar-refractivity contribution in [2.75, 3.05) is 21.3 Å². The summed E-state index contributed by atoms with van der Waals surface area (Å²) < 4.78 is 4.02. The highest BCUT2D eigenvalue weighted by Crippen LogP contribution is 2.28. The summed E-state index contributed by atoms with van der Waals surface area (Å²) in [5.41, 5.74) is 6.60. The van der Waals surface area contributed by atoms with E-state index in [2.05, 4.69) is 47.3 Å². The third-order valence-corrected chi connectivity index (χ3v) is 8.27. The van der Waals surface area contributed by atoms with E-state index in [1.807, 2.05) is 122 Å². The summed E-state index contributed by atoms with van der Waals surface area (Å²) in [6, 6.07) is 43.2. The maximum atomic E-state index is 13.4. The highest BCUT2D eigenvalue weighted by molar-refractivity contribution is 9.10. The molecule has 7 rings (SSSR count). The number of hydrogen-bond donors (Lipinski definition) is 4. The second kappa shape index (κ2) is 14.9. The smallest absolute Gasteiger partial charge is 0.307 e. The summed E-state index contributed by atoms with van der Waals surface area (Å²) in [6.45, 7) is 1.86. The molecule has 0 radical (unpaired) electrons. The van der Waals surface area contributed by atoms with Gasteiger partial charge >= 0.3 is 12.1 Å². The van der Waals surface area contributed by atoms with Crippen molar-refractivity contribution in [3.63, 3.8) is 0 Å². The minimum Gasteiger partial charge on any atom is -0.307 e. The first-order chi connectivity index (χ1) is 24.9. The quantitative estimate of drug-likeness (QED) is 0.110. The molecule has 0 saturated carbocycles. The number of nitrogens with one attached hydrogen (secondary N) is 4. The average molecular weight is 739 g/mol. The van der Waals surface area contributed by atoms with Crippen molar-refractivity contribution in [2.24, 2.45) is 0 Å².